The Morgan fingerprint density at radius 2 is 1.90 bits per heavy atom. The van der Waals surface area contributed by atoms with Crippen LogP contribution in [0.3, 0.4) is 0 Å². The van der Waals surface area contributed by atoms with E-state index in [1.54, 1.807) is 36.4 Å². The van der Waals surface area contributed by atoms with Gasteiger partial charge in [-0.15, -0.1) is 0 Å². The van der Waals surface area contributed by atoms with Crippen LogP contribution in [0.4, 0.5) is 0 Å². The maximum Gasteiger partial charge on any atom is 0.282 e. The van der Waals surface area contributed by atoms with Crippen molar-refractivity contribution in [3.8, 4) is 17.2 Å². The Balaban J connectivity index is 2.70. The van der Waals surface area contributed by atoms with Crippen LogP contribution >= 0.6 is 18.8 Å². The quantitative estimate of drug-likeness (QED) is 0.673. The minimum Gasteiger partial charge on any atom is -0.334 e. The van der Waals surface area contributed by atoms with Crippen molar-refractivity contribution in [2.75, 3.05) is 0 Å². The van der Waals surface area contributed by atoms with Crippen molar-refractivity contribution in [3.63, 3.8) is 0 Å². The molecule has 0 amide bonds. The minimum atomic E-state index is -3.65. The molecular formula is C15H14NO2PS. The van der Waals surface area contributed by atoms with Crippen LogP contribution in [-0.2, 0) is 11.0 Å². The largest absolute Gasteiger partial charge is 0.334 e. The lowest BCUT2D eigenvalue weighted by Gasteiger charge is -2.15. The normalized spacial score (nSPS) is 13.5. The van der Waals surface area contributed by atoms with Crippen LogP contribution in [0.25, 0.3) is 11.1 Å². The third-order valence-corrected chi connectivity index (χ3v) is 4.77. The molecule has 1 N–H and O–H groups in total. The SMILES string of the molecule is CCc1cccc(P(=O)(O)S)c1-c1ccc(C#N)cc1. The molecule has 0 fully saturated rings. The van der Waals surface area contributed by atoms with Crippen molar-refractivity contribution in [2.24, 2.45) is 0 Å². The summed E-state index contributed by atoms with van der Waals surface area (Å²) in [6, 6.07) is 14.4. The zero-order valence-electron chi connectivity index (χ0n) is 10.9. The summed E-state index contributed by atoms with van der Waals surface area (Å²) < 4.78 is 12.0. The van der Waals surface area contributed by atoms with Crippen molar-refractivity contribution in [1.82, 2.24) is 0 Å². The van der Waals surface area contributed by atoms with Gasteiger partial charge in [-0.3, -0.25) is 4.57 Å². The molecule has 0 aliphatic rings. The van der Waals surface area contributed by atoms with Crippen molar-refractivity contribution < 1.29 is 9.46 Å². The van der Waals surface area contributed by atoms with Gasteiger partial charge in [0.2, 0.25) is 0 Å². The summed E-state index contributed by atoms with van der Waals surface area (Å²) in [6.45, 7) is -1.66. The van der Waals surface area contributed by atoms with E-state index in [4.69, 9.17) is 5.26 Å². The lowest BCUT2D eigenvalue weighted by Crippen LogP contribution is -2.08. The average Bonchev–Trinajstić information content (AvgIpc) is 2.45. The van der Waals surface area contributed by atoms with Crippen molar-refractivity contribution in [3.05, 3.63) is 53.6 Å². The molecule has 0 saturated carbocycles. The van der Waals surface area contributed by atoms with Gasteiger partial charge in [-0.2, -0.15) is 5.26 Å². The summed E-state index contributed by atoms with van der Waals surface area (Å²) >= 11 is 3.85. The summed E-state index contributed by atoms with van der Waals surface area (Å²) in [7, 11) is 0. The number of thiol groups is 1. The Hall–Kier alpha value is -1.53. The fourth-order valence-electron chi connectivity index (χ4n) is 2.17. The number of rotatable bonds is 3. The number of nitriles is 1. The highest BCUT2D eigenvalue weighted by molar-refractivity contribution is 8.48. The van der Waals surface area contributed by atoms with Crippen LogP contribution in [0.15, 0.2) is 42.5 Å². The predicted molar refractivity (Wildman–Crippen MR) is 84.4 cm³/mol. The first-order chi connectivity index (χ1) is 9.47. The van der Waals surface area contributed by atoms with Crippen LogP contribution < -0.4 is 5.30 Å². The number of benzene rings is 2. The second kappa shape index (κ2) is 5.85. The summed E-state index contributed by atoms with van der Waals surface area (Å²) in [5, 5.41) is 9.17. The van der Waals surface area contributed by atoms with E-state index in [2.05, 4.69) is 18.3 Å². The van der Waals surface area contributed by atoms with E-state index in [0.717, 1.165) is 23.1 Å². The van der Waals surface area contributed by atoms with E-state index in [-0.39, 0.29) is 0 Å². The molecule has 0 saturated heterocycles. The summed E-state index contributed by atoms with van der Waals surface area (Å²) in [6.07, 6.45) is 0.747. The van der Waals surface area contributed by atoms with Crippen LogP contribution in [0.2, 0.25) is 0 Å². The predicted octanol–water partition coefficient (Wildman–Crippen LogP) is 3.53. The molecule has 0 aliphatic heterocycles. The molecule has 1 unspecified atom stereocenters. The standard InChI is InChI=1S/C15H14NO2PS/c1-2-12-4-3-5-14(19(17,18)20)15(12)13-8-6-11(10-16)7-9-13/h3-9H,2H2,1H3,(H2,17,18,20). The highest BCUT2D eigenvalue weighted by atomic mass is 32.7. The first-order valence-electron chi connectivity index (χ1n) is 6.16. The maximum atomic E-state index is 12.0. The van der Waals surface area contributed by atoms with Gasteiger partial charge in [-0.05, 0) is 41.3 Å². The first kappa shape index (κ1) is 14.9. The lowest BCUT2D eigenvalue weighted by molar-refractivity contribution is 0.508. The second-order valence-corrected chi connectivity index (χ2v) is 7.59. The Labute approximate surface area is 123 Å². The third kappa shape index (κ3) is 2.96. The Morgan fingerprint density at radius 1 is 1.25 bits per heavy atom. The zero-order valence-corrected chi connectivity index (χ0v) is 12.7. The van der Waals surface area contributed by atoms with Gasteiger partial charge in [-0.1, -0.05) is 43.4 Å². The fourth-order valence-corrected chi connectivity index (χ4v) is 3.51. The summed E-state index contributed by atoms with van der Waals surface area (Å²) in [4.78, 5) is 9.82. The Bertz CT molecular complexity index is 714. The molecular weight excluding hydrogens is 289 g/mol. The van der Waals surface area contributed by atoms with Gasteiger partial charge < -0.3 is 4.89 Å². The highest BCUT2D eigenvalue weighted by Gasteiger charge is 2.22. The van der Waals surface area contributed by atoms with E-state index in [0.29, 0.717) is 10.9 Å². The van der Waals surface area contributed by atoms with Gasteiger partial charge in [-0.25, -0.2) is 0 Å². The van der Waals surface area contributed by atoms with Crippen molar-refractivity contribution in [1.29, 1.82) is 5.26 Å². The molecule has 0 heterocycles. The van der Waals surface area contributed by atoms with E-state index < -0.39 is 6.57 Å². The molecule has 0 spiro atoms. The van der Waals surface area contributed by atoms with Gasteiger partial charge in [0.15, 0.2) is 0 Å². The van der Waals surface area contributed by atoms with Crippen LogP contribution in [0.5, 0.6) is 0 Å². The van der Waals surface area contributed by atoms with Crippen molar-refractivity contribution in [2.45, 2.75) is 13.3 Å². The van der Waals surface area contributed by atoms with Gasteiger partial charge >= 0.3 is 0 Å². The molecule has 0 radical (unpaired) electrons. The van der Waals surface area contributed by atoms with Crippen LogP contribution in [0, 0.1) is 11.3 Å². The molecule has 0 aliphatic carbocycles. The van der Waals surface area contributed by atoms with Gasteiger partial charge in [0, 0.05) is 0 Å². The molecule has 2 rings (SSSR count). The van der Waals surface area contributed by atoms with Crippen LogP contribution in [-0.4, -0.2) is 4.89 Å². The van der Waals surface area contributed by atoms with Gasteiger partial charge in [0.05, 0.1) is 16.9 Å². The molecule has 5 heteroatoms. The molecule has 2 aromatic rings. The monoisotopic (exact) mass is 303 g/mol. The fraction of sp³-hybridized carbons (Fsp3) is 0.133. The van der Waals surface area contributed by atoms with E-state index in [9.17, 15) is 9.46 Å². The Morgan fingerprint density at radius 3 is 2.40 bits per heavy atom. The summed E-state index contributed by atoms with van der Waals surface area (Å²) in [5.74, 6) is 0. The van der Waals surface area contributed by atoms with E-state index >= 15 is 0 Å². The van der Waals surface area contributed by atoms with Crippen molar-refractivity contribution >= 4 is 24.1 Å². The topological polar surface area (TPSA) is 61.1 Å². The Kier molecular flexibility index (Phi) is 4.35. The maximum absolute atomic E-state index is 12.0. The number of aryl methyl sites for hydroxylation is 1. The molecule has 0 bridgehead atoms. The minimum absolute atomic E-state index is 0.338. The molecule has 1 atom stereocenters. The first-order valence-corrected chi connectivity index (χ1v) is 8.97. The van der Waals surface area contributed by atoms with Crippen LogP contribution in [0.1, 0.15) is 18.1 Å². The van der Waals surface area contributed by atoms with E-state index in [1.165, 1.54) is 0 Å². The van der Waals surface area contributed by atoms with Gasteiger partial charge in [0.1, 0.15) is 0 Å². The molecule has 2 aromatic carbocycles. The lowest BCUT2D eigenvalue weighted by atomic mass is 9.97. The second-order valence-electron chi connectivity index (χ2n) is 4.40. The van der Waals surface area contributed by atoms with Gasteiger partial charge in [0.25, 0.3) is 6.57 Å². The average molecular weight is 303 g/mol. The molecule has 3 nitrogen and oxygen atoms in total. The highest BCUT2D eigenvalue weighted by Crippen LogP contribution is 2.47. The number of hydrogen-bond donors (Lipinski definition) is 2. The zero-order chi connectivity index (χ0) is 14.8. The molecule has 102 valence electrons. The number of hydrogen-bond acceptors (Lipinski definition) is 2. The third-order valence-electron chi connectivity index (χ3n) is 3.13. The summed E-state index contributed by atoms with van der Waals surface area (Å²) in [5.41, 5.74) is 3.10. The molecule has 20 heavy (non-hydrogen) atoms. The molecule has 0 aromatic heterocycles. The van der Waals surface area contributed by atoms with E-state index in [1.807, 2.05) is 13.0 Å². The number of nitrogens with zero attached hydrogens (tertiary/aromatic N) is 1. The smallest absolute Gasteiger partial charge is 0.282 e.